The smallest absolute Gasteiger partial charge is 0.259 e. The van der Waals surface area contributed by atoms with Crippen LogP contribution in [0.15, 0.2) is 53.3 Å². The number of pyridine rings is 1. The van der Waals surface area contributed by atoms with Crippen molar-refractivity contribution in [3.05, 3.63) is 58.8 Å². The maximum Gasteiger partial charge on any atom is 0.259 e. The summed E-state index contributed by atoms with van der Waals surface area (Å²) in [5.74, 6) is -0.186. The number of para-hydroxylation sites is 1. The van der Waals surface area contributed by atoms with Crippen LogP contribution in [0.2, 0.25) is 0 Å². The molecule has 1 amide bonds. The van der Waals surface area contributed by atoms with E-state index in [1.54, 1.807) is 12.3 Å². The van der Waals surface area contributed by atoms with E-state index in [0.29, 0.717) is 5.56 Å². The fourth-order valence-electron chi connectivity index (χ4n) is 1.74. The Kier molecular flexibility index (Phi) is 4.65. The average molecular weight is 321 g/mol. The molecular formula is C14H13BrN2O2. The first-order chi connectivity index (χ1) is 9.22. The predicted octanol–water partition coefficient (Wildman–Crippen LogP) is 2.48. The molecule has 5 heteroatoms. The maximum absolute atomic E-state index is 12.4. The molecule has 98 valence electrons. The quantitative estimate of drug-likeness (QED) is 0.941. The molecule has 2 aromatic rings. The minimum Gasteiger partial charge on any atom is -0.395 e. The SMILES string of the molecule is O=C(c1cncc(Br)c1)N(CCO)c1ccccc1. The van der Waals surface area contributed by atoms with Gasteiger partial charge in [-0.2, -0.15) is 0 Å². The Morgan fingerprint density at radius 3 is 2.63 bits per heavy atom. The van der Waals surface area contributed by atoms with Gasteiger partial charge in [0.15, 0.2) is 0 Å². The highest BCUT2D eigenvalue weighted by molar-refractivity contribution is 9.10. The van der Waals surface area contributed by atoms with Crippen molar-refractivity contribution in [3.63, 3.8) is 0 Å². The van der Waals surface area contributed by atoms with E-state index in [9.17, 15) is 4.79 Å². The number of anilines is 1. The Morgan fingerprint density at radius 1 is 1.26 bits per heavy atom. The summed E-state index contributed by atoms with van der Waals surface area (Å²) < 4.78 is 0.746. The van der Waals surface area contributed by atoms with Crippen molar-refractivity contribution < 1.29 is 9.90 Å². The van der Waals surface area contributed by atoms with E-state index >= 15 is 0 Å². The van der Waals surface area contributed by atoms with E-state index in [0.717, 1.165) is 10.2 Å². The molecular weight excluding hydrogens is 308 g/mol. The summed E-state index contributed by atoms with van der Waals surface area (Å²) in [4.78, 5) is 18.0. The van der Waals surface area contributed by atoms with Gasteiger partial charge in [0.05, 0.1) is 12.2 Å². The highest BCUT2D eigenvalue weighted by Crippen LogP contribution is 2.18. The Bertz CT molecular complexity index is 560. The number of benzene rings is 1. The zero-order chi connectivity index (χ0) is 13.7. The molecule has 0 atom stereocenters. The molecule has 0 saturated heterocycles. The summed E-state index contributed by atoms with van der Waals surface area (Å²) in [7, 11) is 0. The number of aromatic nitrogens is 1. The second-order valence-corrected chi connectivity index (χ2v) is 4.82. The molecule has 0 fully saturated rings. The normalized spacial score (nSPS) is 10.2. The van der Waals surface area contributed by atoms with Crippen LogP contribution < -0.4 is 4.90 Å². The first-order valence-electron chi connectivity index (χ1n) is 5.80. The van der Waals surface area contributed by atoms with Gasteiger partial charge in [-0.05, 0) is 34.1 Å². The molecule has 19 heavy (non-hydrogen) atoms. The second-order valence-electron chi connectivity index (χ2n) is 3.91. The number of carbonyl (C=O) groups excluding carboxylic acids is 1. The number of halogens is 1. The lowest BCUT2D eigenvalue weighted by molar-refractivity contribution is 0.0980. The van der Waals surface area contributed by atoms with Crippen LogP contribution >= 0.6 is 15.9 Å². The average Bonchev–Trinajstić information content (AvgIpc) is 2.45. The van der Waals surface area contributed by atoms with Crippen LogP contribution in [0.3, 0.4) is 0 Å². The third-order valence-electron chi connectivity index (χ3n) is 2.59. The van der Waals surface area contributed by atoms with E-state index in [4.69, 9.17) is 5.11 Å². The molecule has 0 aliphatic carbocycles. The molecule has 0 radical (unpaired) electrons. The van der Waals surface area contributed by atoms with Crippen LogP contribution in [0.4, 0.5) is 5.69 Å². The van der Waals surface area contributed by atoms with Crippen molar-refractivity contribution >= 4 is 27.5 Å². The molecule has 2 rings (SSSR count). The first-order valence-corrected chi connectivity index (χ1v) is 6.60. The molecule has 1 N–H and O–H groups in total. The molecule has 1 aromatic heterocycles. The van der Waals surface area contributed by atoms with Gasteiger partial charge in [-0.3, -0.25) is 9.78 Å². The van der Waals surface area contributed by atoms with Crippen molar-refractivity contribution in [1.82, 2.24) is 4.98 Å². The van der Waals surface area contributed by atoms with Crippen LogP contribution in [-0.4, -0.2) is 29.1 Å². The molecule has 0 aliphatic rings. The number of hydrogen-bond donors (Lipinski definition) is 1. The van der Waals surface area contributed by atoms with Gasteiger partial charge in [-0.1, -0.05) is 18.2 Å². The number of aliphatic hydroxyl groups excluding tert-OH is 1. The summed E-state index contributed by atoms with van der Waals surface area (Å²) in [6, 6.07) is 11.0. The van der Waals surface area contributed by atoms with Crippen molar-refractivity contribution in [3.8, 4) is 0 Å². The zero-order valence-corrected chi connectivity index (χ0v) is 11.7. The molecule has 0 aliphatic heterocycles. The number of rotatable bonds is 4. The second kappa shape index (κ2) is 6.45. The molecule has 0 unspecified atom stereocenters. The van der Waals surface area contributed by atoms with E-state index in [-0.39, 0.29) is 19.1 Å². The Balaban J connectivity index is 2.32. The van der Waals surface area contributed by atoms with Gasteiger partial charge < -0.3 is 10.0 Å². The summed E-state index contributed by atoms with van der Waals surface area (Å²) >= 11 is 3.29. The topological polar surface area (TPSA) is 53.4 Å². The van der Waals surface area contributed by atoms with E-state index in [2.05, 4.69) is 20.9 Å². The van der Waals surface area contributed by atoms with E-state index in [1.165, 1.54) is 11.1 Å². The van der Waals surface area contributed by atoms with Crippen molar-refractivity contribution in [2.24, 2.45) is 0 Å². The molecule has 0 bridgehead atoms. The van der Waals surface area contributed by atoms with Crippen LogP contribution in [0, 0.1) is 0 Å². The van der Waals surface area contributed by atoms with E-state index < -0.39 is 0 Å². The van der Waals surface area contributed by atoms with Gasteiger partial charge in [0.25, 0.3) is 5.91 Å². The standard InChI is InChI=1S/C14H13BrN2O2/c15-12-8-11(9-16-10-12)14(19)17(6-7-18)13-4-2-1-3-5-13/h1-5,8-10,18H,6-7H2. The molecule has 1 heterocycles. The van der Waals surface area contributed by atoms with Crippen LogP contribution in [0.25, 0.3) is 0 Å². The number of amides is 1. The summed E-state index contributed by atoms with van der Waals surface area (Å²) in [6.45, 7) is 0.150. The van der Waals surface area contributed by atoms with Crippen LogP contribution in [0.5, 0.6) is 0 Å². The molecule has 4 nitrogen and oxygen atoms in total. The predicted molar refractivity (Wildman–Crippen MR) is 77.1 cm³/mol. The monoisotopic (exact) mass is 320 g/mol. The lowest BCUT2D eigenvalue weighted by atomic mass is 10.2. The van der Waals surface area contributed by atoms with E-state index in [1.807, 2.05) is 30.3 Å². The minimum absolute atomic E-state index is 0.0952. The number of carbonyl (C=O) groups is 1. The van der Waals surface area contributed by atoms with Gasteiger partial charge in [0.1, 0.15) is 0 Å². The first kappa shape index (κ1) is 13.7. The summed E-state index contributed by atoms with van der Waals surface area (Å²) in [5, 5.41) is 9.13. The number of aliphatic hydroxyl groups is 1. The van der Waals surface area contributed by atoms with Gasteiger partial charge in [0, 0.05) is 29.1 Å². The highest BCUT2D eigenvalue weighted by Gasteiger charge is 2.17. The lowest BCUT2D eigenvalue weighted by Gasteiger charge is -2.21. The molecule has 0 saturated carbocycles. The van der Waals surface area contributed by atoms with Gasteiger partial charge in [-0.15, -0.1) is 0 Å². The van der Waals surface area contributed by atoms with Crippen LogP contribution in [0.1, 0.15) is 10.4 Å². The molecule has 1 aromatic carbocycles. The number of nitrogens with zero attached hydrogens (tertiary/aromatic N) is 2. The minimum atomic E-state index is -0.186. The Hall–Kier alpha value is -1.72. The fraction of sp³-hybridized carbons (Fsp3) is 0.143. The van der Waals surface area contributed by atoms with Crippen molar-refractivity contribution in [2.45, 2.75) is 0 Å². The Labute approximate surface area is 119 Å². The fourth-order valence-corrected chi connectivity index (χ4v) is 2.11. The van der Waals surface area contributed by atoms with Gasteiger partial charge >= 0.3 is 0 Å². The molecule has 0 spiro atoms. The largest absolute Gasteiger partial charge is 0.395 e. The lowest BCUT2D eigenvalue weighted by Crippen LogP contribution is -2.33. The summed E-state index contributed by atoms with van der Waals surface area (Å²) in [5.41, 5.74) is 1.23. The third-order valence-corrected chi connectivity index (χ3v) is 3.02. The highest BCUT2D eigenvalue weighted by atomic mass is 79.9. The van der Waals surface area contributed by atoms with Crippen LogP contribution in [-0.2, 0) is 0 Å². The third kappa shape index (κ3) is 3.39. The van der Waals surface area contributed by atoms with Crippen molar-refractivity contribution in [2.75, 3.05) is 18.1 Å². The maximum atomic E-state index is 12.4. The summed E-state index contributed by atoms with van der Waals surface area (Å²) in [6.07, 6.45) is 3.14. The van der Waals surface area contributed by atoms with Gasteiger partial charge in [0.2, 0.25) is 0 Å². The Morgan fingerprint density at radius 2 is 2.00 bits per heavy atom. The zero-order valence-electron chi connectivity index (χ0n) is 10.2. The number of hydrogen-bond acceptors (Lipinski definition) is 3. The van der Waals surface area contributed by atoms with Crippen molar-refractivity contribution in [1.29, 1.82) is 0 Å². The van der Waals surface area contributed by atoms with Gasteiger partial charge in [-0.25, -0.2) is 0 Å².